The van der Waals surface area contributed by atoms with Gasteiger partial charge in [0, 0.05) is 13.0 Å². The normalized spacial score (nSPS) is 9.07. The number of hydrogen-bond acceptors (Lipinski definition) is 3. The molecule has 0 saturated carbocycles. The average Bonchev–Trinajstić information content (AvgIpc) is 2.19. The van der Waals surface area contributed by atoms with Gasteiger partial charge >= 0.3 is 0 Å². The zero-order valence-electron chi connectivity index (χ0n) is 7.88. The second kappa shape index (κ2) is 5.20. The number of halogens is 1. The summed E-state index contributed by atoms with van der Waals surface area (Å²) in [6, 6.07) is 1.29. The van der Waals surface area contributed by atoms with E-state index in [1.54, 1.807) is 0 Å². The average molecular weight is 194 g/mol. The van der Waals surface area contributed by atoms with Crippen LogP contribution in [0.5, 0.6) is 5.88 Å². The van der Waals surface area contributed by atoms with E-state index in [-0.39, 0.29) is 0 Å². The van der Waals surface area contributed by atoms with Gasteiger partial charge in [-0.3, -0.25) is 0 Å². The third-order valence-electron chi connectivity index (χ3n) is 1.50. The molecule has 74 valence electrons. The monoisotopic (exact) mass is 194 g/mol. The van der Waals surface area contributed by atoms with Crippen LogP contribution in [-0.4, -0.2) is 18.6 Å². The predicted molar refractivity (Wildman–Crippen MR) is 51.3 cm³/mol. The molecule has 2 N–H and O–H groups in total. The molecule has 1 heterocycles. The van der Waals surface area contributed by atoms with Gasteiger partial charge in [-0.1, -0.05) is 11.8 Å². The van der Waals surface area contributed by atoms with E-state index in [1.165, 1.54) is 13.2 Å². The van der Waals surface area contributed by atoms with E-state index in [0.717, 1.165) is 6.20 Å². The fourth-order valence-electron chi connectivity index (χ4n) is 0.909. The van der Waals surface area contributed by atoms with Crippen LogP contribution < -0.4 is 10.5 Å². The maximum absolute atomic E-state index is 12.8. The molecule has 4 heteroatoms. The third-order valence-corrected chi connectivity index (χ3v) is 1.50. The van der Waals surface area contributed by atoms with E-state index in [9.17, 15) is 4.39 Å². The molecule has 0 saturated heterocycles. The van der Waals surface area contributed by atoms with Crippen LogP contribution in [0.4, 0.5) is 4.39 Å². The molecule has 0 aliphatic rings. The molecule has 0 aliphatic carbocycles. The number of hydrogen-bond donors (Lipinski definition) is 1. The van der Waals surface area contributed by atoms with Crippen LogP contribution >= 0.6 is 0 Å². The van der Waals surface area contributed by atoms with Crippen LogP contribution in [0.15, 0.2) is 12.3 Å². The van der Waals surface area contributed by atoms with Gasteiger partial charge in [-0.05, 0) is 6.07 Å². The largest absolute Gasteiger partial charge is 0.480 e. The fourth-order valence-corrected chi connectivity index (χ4v) is 0.909. The molecule has 0 spiro atoms. The summed E-state index contributed by atoms with van der Waals surface area (Å²) < 4.78 is 17.7. The first-order chi connectivity index (χ1) is 6.77. The van der Waals surface area contributed by atoms with Gasteiger partial charge in [0.1, 0.15) is 5.82 Å². The summed E-state index contributed by atoms with van der Waals surface area (Å²) in [7, 11) is 1.47. The Morgan fingerprint density at radius 3 is 3.07 bits per heavy atom. The van der Waals surface area contributed by atoms with Crippen molar-refractivity contribution in [2.75, 3.05) is 13.7 Å². The molecule has 0 radical (unpaired) electrons. The Kier molecular flexibility index (Phi) is 3.89. The Hall–Kier alpha value is -1.60. The van der Waals surface area contributed by atoms with Gasteiger partial charge in [-0.15, -0.1) is 0 Å². The quantitative estimate of drug-likeness (QED) is 0.712. The molecule has 0 aliphatic heterocycles. The highest BCUT2D eigenvalue weighted by Crippen LogP contribution is 2.13. The van der Waals surface area contributed by atoms with Crippen LogP contribution in [0, 0.1) is 17.7 Å². The molecule has 0 atom stereocenters. The lowest BCUT2D eigenvalue weighted by atomic mass is 10.2. The molecule has 0 amide bonds. The van der Waals surface area contributed by atoms with Gasteiger partial charge in [0.05, 0.1) is 18.9 Å². The topological polar surface area (TPSA) is 48.1 Å². The van der Waals surface area contributed by atoms with E-state index in [0.29, 0.717) is 24.4 Å². The Labute approximate surface area is 82.1 Å². The molecule has 1 aromatic heterocycles. The highest BCUT2D eigenvalue weighted by Gasteiger charge is 2.02. The summed E-state index contributed by atoms with van der Waals surface area (Å²) in [5.74, 6) is 5.44. The minimum Gasteiger partial charge on any atom is -0.480 e. The third kappa shape index (κ3) is 2.71. The Balaban J connectivity index is 2.94. The van der Waals surface area contributed by atoms with Crippen LogP contribution in [0.3, 0.4) is 0 Å². The lowest BCUT2D eigenvalue weighted by Gasteiger charge is -2.00. The Bertz CT molecular complexity index is 368. The number of methoxy groups -OCH3 is 1. The lowest BCUT2D eigenvalue weighted by molar-refractivity contribution is 0.394. The molecule has 1 rings (SSSR count). The highest BCUT2D eigenvalue weighted by molar-refractivity contribution is 5.41. The van der Waals surface area contributed by atoms with E-state index >= 15 is 0 Å². The Morgan fingerprint density at radius 2 is 2.43 bits per heavy atom. The van der Waals surface area contributed by atoms with Crippen molar-refractivity contribution in [3.8, 4) is 17.7 Å². The molecular formula is C10H11FN2O. The molecular weight excluding hydrogens is 183 g/mol. The first-order valence-electron chi connectivity index (χ1n) is 4.16. The molecule has 1 aromatic rings. The minimum atomic E-state index is -0.428. The summed E-state index contributed by atoms with van der Waals surface area (Å²) in [4.78, 5) is 3.74. The van der Waals surface area contributed by atoms with Gasteiger partial charge in [0.15, 0.2) is 0 Å². The number of nitrogens with zero attached hydrogens (tertiary/aromatic N) is 1. The van der Waals surface area contributed by atoms with E-state index in [2.05, 4.69) is 16.8 Å². The van der Waals surface area contributed by atoms with E-state index in [1.807, 2.05) is 0 Å². The van der Waals surface area contributed by atoms with Crippen molar-refractivity contribution in [1.29, 1.82) is 0 Å². The summed E-state index contributed by atoms with van der Waals surface area (Å²) in [5.41, 5.74) is 5.71. The van der Waals surface area contributed by atoms with Crippen molar-refractivity contribution < 1.29 is 9.13 Å². The number of pyridine rings is 1. The molecule has 0 aromatic carbocycles. The Morgan fingerprint density at radius 1 is 1.64 bits per heavy atom. The summed E-state index contributed by atoms with van der Waals surface area (Å²) in [6.07, 6.45) is 1.66. The summed E-state index contributed by atoms with van der Waals surface area (Å²) >= 11 is 0. The van der Waals surface area contributed by atoms with Crippen LogP contribution in [0.2, 0.25) is 0 Å². The standard InChI is InChI=1S/C10H11FN2O/c1-14-10-8(4-2-3-5-12)6-9(11)7-13-10/h6-7H,3,5,12H2,1H3. The smallest absolute Gasteiger partial charge is 0.229 e. The molecule has 0 bridgehead atoms. The van der Waals surface area contributed by atoms with Crippen molar-refractivity contribution in [2.24, 2.45) is 5.73 Å². The second-order valence-electron chi connectivity index (χ2n) is 2.55. The van der Waals surface area contributed by atoms with Crippen LogP contribution in [0.25, 0.3) is 0 Å². The van der Waals surface area contributed by atoms with E-state index in [4.69, 9.17) is 10.5 Å². The summed E-state index contributed by atoms with van der Waals surface area (Å²) in [6.45, 7) is 0.484. The maximum atomic E-state index is 12.8. The van der Waals surface area contributed by atoms with Crippen molar-refractivity contribution in [3.63, 3.8) is 0 Å². The van der Waals surface area contributed by atoms with Crippen LogP contribution in [-0.2, 0) is 0 Å². The van der Waals surface area contributed by atoms with Gasteiger partial charge in [0.25, 0.3) is 0 Å². The maximum Gasteiger partial charge on any atom is 0.229 e. The molecule has 3 nitrogen and oxygen atoms in total. The van der Waals surface area contributed by atoms with Crippen molar-refractivity contribution in [1.82, 2.24) is 4.98 Å². The molecule has 0 fully saturated rings. The van der Waals surface area contributed by atoms with Gasteiger partial charge < -0.3 is 10.5 Å². The fraction of sp³-hybridized carbons (Fsp3) is 0.300. The zero-order valence-corrected chi connectivity index (χ0v) is 7.88. The van der Waals surface area contributed by atoms with Gasteiger partial charge in [0.2, 0.25) is 5.88 Å². The van der Waals surface area contributed by atoms with Gasteiger partial charge in [-0.25, -0.2) is 9.37 Å². The van der Waals surface area contributed by atoms with Gasteiger partial charge in [-0.2, -0.15) is 0 Å². The lowest BCUT2D eigenvalue weighted by Crippen LogP contribution is -1.96. The number of aromatic nitrogens is 1. The number of rotatable bonds is 2. The highest BCUT2D eigenvalue weighted by atomic mass is 19.1. The number of nitrogens with two attached hydrogens (primary N) is 1. The second-order valence-corrected chi connectivity index (χ2v) is 2.55. The van der Waals surface area contributed by atoms with Crippen molar-refractivity contribution in [3.05, 3.63) is 23.6 Å². The summed E-state index contributed by atoms with van der Waals surface area (Å²) in [5, 5.41) is 0. The van der Waals surface area contributed by atoms with Crippen molar-refractivity contribution >= 4 is 0 Å². The molecule has 0 unspecified atom stereocenters. The van der Waals surface area contributed by atoms with Crippen LogP contribution in [0.1, 0.15) is 12.0 Å². The zero-order chi connectivity index (χ0) is 10.4. The number of ether oxygens (including phenoxy) is 1. The first-order valence-corrected chi connectivity index (χ1v) is 4.16. The molecule has 14 heavy (non-hydrogen) atoms. The van der Waals surface area contributed by atoms with E-state index < -0.39 is 5.82 Å². The first kappa shape index (κ1) is 10.5. The van der Waals surface area contributed by atoms with Crippen molar-refractivity contribution in [2.45, 2.75) is 6.42 Å². The predicted octanol–water partition coefficient (Wildman–Crippen LogP) is 0.930. The minimum absolute atomic E-state index is 0.330. The SMILES string of the molecule is COc1ncc(F)cc1C#CCCN.